The minimum atomic E-state index is -3.95. The first-order chi connectivity index (χ1) is 8.30. The van der Waals surface area contributed by atoms with Gasteiger partial charge in [0.25, 0.3) is 9.05 Å². The molecule has 6 nitrogen and oxygen atoms in total. The maximum Gasteiger partial charge on any atom is 0.266 e. The quantitative estimate of drug-likeness (QED) is 0.791. The summed E-state index contributed by atoms with van der Waals surface area (Å²) in [6, 6.07) is 1.63. The Labute approximate surface area is 113 Å². The summed E-state index contributed by atoms with van der Waals surface area (Å²) in [5, 5.41) is 3.92. The molecule has 0 aliphatic rings. The van der Waals surface area contributed by atoms with Gasteiger partial charge in [-0.15, -0.1) is 0 Å². The molecule has 9 heteroatoms. The van der Waals surface area contributed by atoms with Crippen LogP contribution >= 0.6 is 22.3 Å². The molecule has 0 atom stereocenters. The van der Waals surface area contributed by atoms with Gasteiger partial charge in [-0.25, -0.2) is 23.1 Å². The zero-order valence-corrected chi connectivity index (χ0v) is 11.8. The van der Waals surface area contributed by atoms with Gasteiger partial charge in [-0.3, -0.25) is 0 Å². The smallest absolute Gasteiger partial charge is 0.242 e. The Bertz CT molecular complexity index is 711. The lowest BCUT2D eigenvalue weighted by Gasteiger charge is -2.02. The summed E-state index contributed by atoms with van der Waals surface area (Å²) in [5.74, 6) is 0.377. The van der Waals surface area contributed by atoms with Crippen molar-refractivity contribution in [3.05, 3.63) is 28.9 Å². The fourth-order valence-corrected chi connectivity index (χ4v) is 3.39. The lowest BCUT2D eigenvalue weighted by molar-refractivity contribution is 0.609. The lowest BCUT2D eigenvalue weighted by atomic mass is 10.4. The largest absolute Gasteiger partial charge is 0.266 e. The van der Waals surface area contributed by atoms with Crippen LogP contribution < -0.4 is 0 Å². The van der Waals surface area contributed by atoms with Crippen molar-refractivity contribution in [1.29, 1.82) is 0 Å². The lowest BCUT2D eigenvalue weighted by Crippen LogP contribution is -2.01. The molecular weight excluding hydrogens is 299 g/mol. The van der Waals surface area contributed by atoms with Crippen LogP contribution in [0, 0.1) is 13.8 Å². The first kappa shape index (κ1) is 13.3. The van der Waals surface area contributed by atoms with Gasteiger partial charge in [0, 0.05) is 22.4 Å². The molecule has 2 aromatic heterocycles. The molecule has 0 aromatic carbocycles. The van der Waals surface area contributed by atoms with E-state index in [0.29, 0.717) is 11.5 Å². The highest BCUT2D eigenvalue weighted by Crippen LogP contribution is 2.29. The average Bonchev–Trinajstić information content (AvgIpc) is 2.53. The maximum atomic E-state index is 11.4. The number of halogens is 2. The number of nitrogens with zero attached hydrogens (tertiary/aromatic N) is 4. The normalized spacial score (nSPS) is 11.8. The Morgan fingerprint density at radius 3 is 2.44 bits per heavy atom. The Morgan fingerprint density at radius 1 is 1.28 bits per heavy atom. The molecule has 0 aliphatic heterocycles. The third-order valence-electron chi connectivity index (χ3n) is 2.20. The second-order valence-electron chi connectivity index (χ2n) is 3.57. The third-order valence-corrected chi connectivity index (χ3v) is 4.10. The van der Waals surface area contributed by atoms with Gasteiger partial charge in [-0.05, 0) is 13.8 Å². The molecule has 0 amide bonds. The molecular formula is C9H8Cl2N4O2S. The van der Waals surface area contributed by atoms with Gasteiger partial charge in [0.1, 0.15) is 11.2 Å². The number of rotatable bonds is 2. The third kappa shape index (κ3) is 2.33. The minimum Gasteiger partial charge on any atom is -0.242 e. The predicted octanol–water partition coefficient (Wildman–Crippen LogP) is 1.86. The zero-order chi connectivity index (χ0) is 13.5. The summed E-state index contributed by atoms with van der Waals surface area (Å²) in [4.78, 5) is 7.70. The SMILES string of the molecule is Cc1cc(-n2nc(C)c(S(=O)(=O)Cl)c2Cl)ncn1. The Hall–Kier alpha value is -1.18. The van der Waals surface area contributed by atoms with E-state index in [1.807, 2.05) is 0 Å². The van der Waals surface area contributed by atoms with Crippen molar-refractivity contribution in [2.24, 2.45) is 0 Å². The molecule has 2 rings (SSSR count). The first-order valence-electron chi connectivity index (χ1n) is 4.79. The van der Waals surface area contributed by atoms with E-state index in [-0.39, 0.29) is 15.7 Å². The van der Waals surface area contributed by atoms with Crippen LogP contribution in [-0.4, -0.2) is 28.2 Å². The Kier molecular flexibility index (Phi) is 3.31. The summed E-state index contributed by atoms with van der Waals surface area (Å²) in [6.07, 6.45) is 1.34. The molecule has 96 valence electrons. The fourth-order valence-electron chi connectivity index (χ4n) is 1.47. The molecule has 18 heavy (non-hydrogen) atoms. The fraction of sp³-hybridized carbons (Fsp3) is 0.222. The van der Waals surface area contributed by atoms with Crippen LogP contribution in [0.5, 0.6) is 0 Å². The minimum absolute atomic E-state index is 0.0967. The molecule has 0 unspecified atom stereocenters. The summed E-state index contributed by atoms with van der Waals surface area (Å²) in [5.41, 5.74) is 0.922. The van der Waals surface area contributed by atoms with E-state index in [1.165, 1.54) is 17.9 Å². The van der Waals surface area contributed by atoms with E-state index in [9.17, 15) is 8.42 Å². The van der Waals surface area contributed by atoms with Gasteiger partial charge in [0.05, 0.1) is 5.69 Å². The van der Waals surface area contributed by atoms with Crippen LogP contribution in [-0.2, 0) is 9.05 Å². The van der Waals surface area contributed by atoms with Crippen molar-refractivity contribution in [2.45, 2.75) is 18.7 Å². The van der Waals surface area contributed by atoms with Gasteiger partial charge < -0.3 is 0 Å². The Morgan fingerprint density at radius 2 is 1.94 bits per heavy atom. The summed E-state index contributed by atoms with van der Waals surface area (Å²) < 4.78 is 24.0. The highest BCUT2D eigenvalue weighted by Gasteiger charge is 2.25. The summed E-state index contributed by atoms with van der Waals surface area (Å²) in [7, 11) is 1.35. The van der Waals surface area contributed by atoms with E-state index in [4.69, 9.17) is 22.3 Å². The molecule has 0 aliphatic carbocycles. The average molecular weight is 307 g/mol. The Balaban J connectivity index is 2.69. The number of aromatic nitrogens is 4. The highest BCUT2D eigenvalue weighted by atomic mass is 35.7. The van der Waals surface area contributed by atoms with E-state index in [2.05, 4.69) is 15.1 Å². The van der Waals surface area contributed by atoms with Crippen LogP contribution in [0.25, 0.3) is 5.82 Å². The summed E-state index contributed by atoms with van der Waals surface area (Å²) >= 11 is 5.98. The van der Waals surface area contributed by atoms with Crippen molar-refractivity contribution >= 4 is 31.3 Å². The van der Waals surface area contributed by atoms with Gasteiger partial charge in [-0.1, -0.05) is 11.6 Å². The number of hydrogen-bond acceptors (Lipinski definition) is 5. The van der Waals surface area contributed by atoms with Crippen molar-refractivity contribution in [3.8, 4) is 5.82 Å². The molecule has 0 saturated heterocycles. The van der Waals surface area contributed by atoms with Crippen LogP contribution in [0.3, 0.4) is 0 Å². The van der Waals surface area contributed by atoms with Crippen molar-refractivity contribution in [2.75, 3.05) is 0 Å². The monoisotopic (exact) mass is 306 g/mol. The molecule has 0 N–H and O–H groups in total. The molecule has 0 fully saturated rings. The van der Waals surface area contributed by atoms with Crippen LogP contribution in [0.4, 0.5) is 0 Å². The van der Waals surface area contributed by atoms with E-state index < -0.39 is 9.05 Å². The molecule has 0 spiro atoms. The van der Waals surface area contributed by atoms with Crippen LogP contribution in [0.15, 0.2) is 17.3 Å². The van der Waals surface area contributed by atoms with Gasteiger partial charge in [-0.2, -0.15) is 5.10 Å². The van der Waals surface area contributed by atoms with Crippen molar-refractivity contribution in [3.63, 3.8) is 0 Å². The zero-order valence-electron chi connectivity index (χ0n) is 9.42. The van der Waals surface area contributed by atoms with Crippen LogP contribution in [0.1, 0.15) is 11.4 Å². The number of hydrogen-bond donors (Lipinski definition) is 0. The van der Waals surface area contributed by atoms with E-state index >= 15 is 0 Å². The van der Waals surface area contributed by atoms with Gasteiger partial charge >= 0.3 is 0 Å². The van der Waals surface area contributed by atoms with Crippen LogP contribution in [0.2, 0.25) is 5.15 Å². The summed E-state index contributed by atoms with van der Waals surface area (Å²) in [6.45, 7) is 3.28. The van der Waals surface area contributed by atoms with E-state index in [0.717, 1.165) is 0 Å². The maximum absolute atomic E-state index is 11.4. The topological polar surface area (TPSA) is 77.7 Å². The van der Waals surface area contributed by atoms with Crippen molar-refractivity contribution in [1.82, 2.24) is 19.7 Å². The number of aryl methyl sites for hydroxylation is 2. The second-order valence-corrected chi connectivity index (χ2v) is 6.43. The molecule has 0 saturated carbocycles. The van der Waals surface area contributed by atoms with E-state index in [1.54, 1.807) is 13.0 Å². The molecule has 0 radical (unpaired) electrons. The molecule has 2 heterocycles. The molecule has 2 aromatic rings. The highest BCUT2D eigenvalue weighted by molar-refractivity contribution is 8.13. The first-order valence-corrected chi connectivity index (χ1v) is 7.48. The van der Waals surface area contributed by atoms with Gasteiger partial charge in [0.15, 0.2) is 11.0 Å². The van der Waals surface area contributed by atoms with Gasteiger partial charge in [0.2, 0.25) is 0 Å². The van der Waals surface area contributed by atoms with Crippen molar-refractivity contribution < 1.29 is 8.42 Å². The second kappa shape index (κ2) is 4.49. The standard InChI is InChI=1S/C9H8Cl2N4O2S/c1-5-3-7(13-4-12-5)15-9(10)8(6(2)14-15)18(11,16)17/h3-4H,1-2H3. The predicted molar refractivity (Wildman–Crippen MR) is 66.7 cm³/mol. The molecule has 0 bridgehead atoms.